The molecule has 0 atom stereocenters. The molecule has 3 aromatic heterocycles. The molecule has 4 heterocycles. The highest BCUT2D eigenvalue weighted by atomic mass is 35.5. The number of hydrogen-bond donors (Lipinski definition) is 0. The number of hydrogen-bond acceptors (Lipinski definition) is 7. The van der Waals surface area contributed by atoms with Gasteiger partial charge in [-0.3, -0.25) is 4.40 Å². The molecule has 0 saturated carbocycles. The highest BCUT2D eigenvalue weighted by molar-refractivity contribution is 6.31. The SMILES string of the molecule is CN(C(=O)OC1CN(c2nc3ncc(Cl)cc3n3cnnc23)C1)C(C)(C)C. The van der Waals surface area contributed by atoms with Crippen LogP contribution >= 0.6 is 11.6 Å². The molecule has 4 rings (SSSR count). The van der Waals surface area contributed by atoms with Gasteiger partial charge in [0.2, 0.25) is 5.65 Å². The number of fused-ring (bicyclic) bond motifs is 3. The summed E-state index contributed by atoms with van der Waals surface area (Å²) in [4.78, 5) is 24.7. The number of carbonyl (C=O) groups excluding carboxylic acids is 1. The van der Waals surface area contributed by atoms with E-state index in [1.807, 2.05) is 30.1 Å². The quantitative estimate of drug-likeness (QED) is 0.664. The summed E-state index contributed by atoms with van der Waals surface area (Å²) in [6.45, 7) is 6.96. The zero-order valence-corrected chi connectivity index (χ0v) is 16.3. The van der Waals surface area contributed by atoms with Crippen molar-refractivity contribution in [2.24, 2.45) is 0 Å². The second kappa shape index (κ2) is 6.19. The number of nitrogens with zero attached hydrogens (tertiary/aromatic N) is 7. The largest absolute Gasteiger partial charge is 0.442 e. The fraction of sp³-hybridized carbons (Fsp3) is 0.471. The average molecular weight is 390 g/mol. The fourth-order valence-corrected chi connectivity index (χ4v) is 2.94. The van der Waals surface area contributed by atoms with Crippen LogP contribution in [-0.2, 0) is 4.74 Å². The van der Waals surface area contributed by atoms with Crippen LogP contribution in [-0.4, -0.2) is 67.3 Å². The smallest absolute Gasteiger partial charge is 0.410 e. The molecule has 0 aliphatic carbocycles. The molecule has 142 valence electrons. The Morgan fingerprint density at radius 1 is 1.37 bits per heavy atom. The fourth-order valence-electron chi connectivity index (χ4n) is 2.79. The zero-order valence-electron chi connectivity index (χ0n) is 15.5. The third-order valence-corrected chi connectivity index (χ3v) is 4.93. The summed E-state index contributed by atoms with van der Waals surface area (Å²) >= 11 is 6.04. The van der Waals surface area contributed by atoms with Gasteiger partial charge in [-0.25, -0.2) is 14.8 Å². The van der Waals surface area contributed by atoms with Crippen molar-refractivity contribution < 1.29 is 9.53 Å². The summed E-state index contributed by atoms with van der Waals surface area (Å²) in [6, 6.07) is 1.78. The molecule has 0 N–H and O–H groups in total. The number of anilines is 1. The number of aromatic nitrogens is 5. The Kier molecular flexibility index (Phi) is 4.06. The Morgan fingerprint density at radius 2 is 2.11 bits per heavy atom. The van der Waals surface area contributed by atoms with Crippen molar-refractivity contribution in [2.75, 3.05) is 25.0 Å². The van der Waals surface area contributed by atoms with Crippen LogP contribution in [0.5, 0.6) is 0 Å². The molecule has 1 saturated heterocycles. The van der Waals surface area contributed by atoms with Crippen molar-refractivity contribution in [3.63, 3.8) is 0 Å². The van der Waals surface area contributed by atoms with Gasteiger partial charge in [0.25, 0.3) is 0 Å². The number of ether oxygens (including phenoxy) is 1. The van der Waals surface area contributed by atoms with E-state index < -0.39 is 0 Å². The topological polar surface area (TPSA) is 88.8 Å². The molecule has 0 unspecified atom stereocenters. The molecule has 1 aliphatic heterocycles. The molecule has 1 aliphatic rings. The van der Waals surface area contributed by atoms with Crippen LogP contribution in [0.2, 0.25) is 5.02 Å². The lowest BCUT2D eigenvalue weighted by Crippen LogP contribution is -2.55. The van der Waals surface area contributed by atoms with Gasteiger partial charge in [0, 0.05) is 18.8 Å². The Balaban J connectivity index is 1.54. The maximum Gasteiger partial charge on any atom is 0.410 e. The summed E-state index contributed by atoms with van der Waals surface area (Å²) in [5, 5.41) is 8.67. The van der Waals surface area contributed by atoms with Crippen molar-refractivity contribution in [3.05, 3.63) is 23.6 Å². The highest BCUT2D eigenvalue weighted by Crippen LogP contribution is 2.28. The van der Waals surface area contributed by atoms with Gasteiger partial charge in [-0.1, -0.05) is 11.6 Å². The molecule has 0 aromatic carbocycles. The minimum Gasteiger partial charge on any atom is -0.442 e. The van der Waals surface area contributed by atoms with Crippen LogP contribution < -0.4 is 4.90 Å². The van der Waals surface area contributed by atoms with Gasteiger partial charge < -0.3 is 14.5 Å². The lowest BCUT2D eigenvalue weighted by Gasteiger charge is -2.41. The molecule has 0 spiro atoms. The Bertz CT molecular complexity index is 1020. The first kappa shape index (κ1) is 17.7. The summed E-state index contributed by atoms with van der Waals surface area (Å²) in [6.07, 6.45) is 2.64. The van der Waals surface area contributed by atoms with E-state index in [4.69, 9.17) is 16.3 Å². The predicted molar refractivity (Wildman–Crippen MR) is 101 cm³/mol. The number of carbonyl (C=O) groups is 1. The van der Waals surface area contributed by atoms with Crippen LogP contribution in [0.4, 0.5) is 10.6 Å². The van der Waals surface area contributed by atoms with Gasteiger partial charge in [-0.2, -0.15) is 0 Å². The van der Waals surface area contributed by atoms with E-state index in [9.17, 15) is 4.79 Å². The van der Waals surface area contributed by atoms with Crippen LogP contribution in [0, 0.1) is 0 Å². The van der Waals surface area contributed by atoms with Gasteiger partial charge in [-0.05, 0) is 26.8 Å². The zero-order chi connectivity index (χ0) is 19.3. The first-order valence-corrected chi connectivity index (χ1v) is 8.96. The van der Waals surface area contributed by atoms with Gasteiger partial charge in [0.15, 0.2) is 11.5 Å². The average Bonchev–Trinajstić information content (AvgIpc) is 3.06. The molecule has 1 fully saturated rings. The summed E-state index contributed by atoms with van der Waals surface area (Å²) < 4.78 is 7.37. The molecular formula is C17H20ClN7O2. The maximum absolute atomic E-state index is 12.2. The third-order valence-electron chi connectivity index (χ3n) is 4.73. The number of halogens is 1. The predicted octanol–water partition coefficient (Wildman–Crippen LogP) is 2.38. The maximum atomic E-state index is 12.2. The van der Waals surface area contributed by atoms with Gasteiger partial charge in [0.1, 0.15) is 12.4 Å². The monoisotopic (exact) mass is 389 g/mol. The molecule has 3 aromatic rings. The van der Waals surface area contributed by atoms with Crippen LogP contribution in [0.15, 0.2) is 18.6 Å². The standard InChI is InChI=1S/C17H20ClN7O2/c1-17(2,3)23(4)16(26)27-11-7-24(8-11)14-15-22-20-9-25(15)12-5-10(18)6-19-13(12)21-14/h5-6,9,11H,7-8H2,1-4H3. The molecule has 0 bridgehead atoms. The Hall–Kier alpha value is -2.68. The van der Waals surface area contributed by atoms with Crippen molar-refractivity contribution in [1.29, 1.82) is 0 Å². The summed E-state index contributed by atoms with van der Waals surface area (Å²) in [7, 11) is 1.74. The number of rotatable bonds is 2. The molecule has 1 amide bonds. The highest BCUT2D eigenvalue weighted by Gasteiger charge is 2.35. The van der Waals surface area contributed by atoms with E-state index in [1.165, 1.54) is 0 Å². The molecule has 9 nitrogen and oxygen atoms in total. The van der Waals surface area contributed by atoms with E-state index in [0.29, 0.717) is 35.2 Å². The van der Waals surface area contributed by atoms with Crippen LogP contribution in [0.25, 0.3) is 16.8 Å². The van der Waals surface area contributed by atoms with Crippen LogP contribution in [0.1, 0.15) is 20.8 Å². The first-order chi connectivity index (χ1) is 12.7. The lowest BCUT2D eigenvalue weighted by molar-refractivity contribution is 0.0365. The van der Waals surface area contributed by atoms with E-state index in [2.05, 4.69) is 20.2 Å². The molecule has 10 heteroatoms. The normalized spacial score (nSPS) is 15.2. The number of amides is 1. The van der Waals surface area contributed by atoms with Gasteiger partial charge >= 0.3 is 6.09 Å². The molecule has 0 radical (unpaired) electrons. The summed E-state index contributed by atoms with van der Waals surface area (Å²) in [5.41, 5.74) is 1.61. The van der Waals surface area contributed by atoms with E-state index in [0.717, 1.165) is 5.52 Å². The first-order valence-electron chi connectivity index (χ1n) is 8.58. The van der Waals surface area contributed by atoms with E-state index in [1.54, 1.807) is 30.5 Å². The van der Waals surface area contributed by atoms with Crippen LogP contribution in [0.3, 0.4) is 0 Å². The minimum absolute atomic E-state index is 0.194. The van der Waals surface area contributed by atoms with Crippen molar-refractivity contribution in [1.82, 2.24) is 29.5 Å². The lowest BCUT2D eigenvalue weighted by atomic mass is 10.1. The van der Waals surface area contributed by atoms with Crippen molar-refractivity contribution in [3.8, 4) is 0 Å². The third kappa shape index (κ3) is 3.12. The van der Waals surface area contributed by atoms with Crippen molar-refractivity contribution in [2.45, 2.75) is 32.4 Å². The second-order valence-corrected chi connectivity index (χ2v) is 8.03. The second-order valence-electron chi connectivity index (χ2n) is 7.60. The van der Waals surface area contributed by atoms with Gasteiger partial charge in [-0.15, -0.1) is 10.2 Å². The van der Waals surface area contributed by atoms with E-state index in [-0.39, 0.29) is 17.7 Å². The Morgan fingerprint density at radius 3 is 2.81 bits per heavy atom. The minimum atomic E-state index is -0.331. The van der Waals surface area contributed by atoms with Crippen molar-refractivity contribution >= 4 is 40.3 Å². The molecular weight excluding hydrogens is 370 g/mol. The molecule has 27 heavy (non-hydrogen) atoms. The number of pyridine rings is 1. The Labute approximate surface area is 160 Å². The summed E-state index contributed by atoms with van der Waals surface area (Å²) in [5.74, 6) is 0.659. The van der Waals surface area contributed by atoms with Gasteiger partial charge in [0.05, 0.1) is 23.6 Å². The van der Waals surface area contributed by atoms with E-state index >= 15 is 0 Å².